The Hall–Kier alpha value is -1.01. The number of nitrogens with one attached hydrogen (secondary N) is 2. The molecule has 0 aliphatic heterocycles. The Labute approximate surface area is 99.7 Å². The first-order valence-electron chi connectivity index (χ1n) is 4.94. The van der Waals surface area contributed by atoms with Crippen molar-refractivity contribution in [2.45, 2.75) is 12.5 Å². The Bertz CT molecular complexity index is 246. The maximum Gasteiger partial charge on any atom is 0.326 e. The lowest BCUT2D eigenvalue weighted by molar-refractivity contribution is -0.141. The van der Waals surface area contributed by atoms with Gasteiger partial charge in [0.1, 0.15) is 6.04 Å². The van der Waals surface area contributed by atoms with Gasteiger partial charge in [-0.05, 0) is 18.4 Å². The number of carbonyl (C=O) groups excluding carboxylic acids is 1. The zero-order valence-corrected chi connectivity index (χ0v) is 10.2. The van der Waals surface area contributed by atoms with E-state index in [1.165, 1.54) is 0 Å². The molecule has 1 atom stereocenters. The molecule has 6 heteroatoms. The molecule has 0 bridgehead atoms. The molecule has 1 unspecified atom stereocenters. The van der Waals surface area contributed by atoms with Gasteiger partial charge in [-0.25, -0.2) is 4.79 Å². The van der Waals surface area contributed by atoms with Crippen molar-refractivity contribution in [3.8, 4) is 0 Å². The third kappa shape index (κ3) is 7.30. The highest BCUT2D eigenvalue weighted by Gasteiger charge is 2.18. The van der Waals surface area contributed by atoms with E-state index in [1.807, 2.05) is 6.26 Å². The lowest BCUT2D eigenvalue weighted by Gasteiger charge is -2.13. The molecular weight excluding hydrogens is 228 g/mol. The highest BCUT2D eigenvalue weighted by Crippen LogP contribution is 2.00. The Morgan fingerprint density at radius 1 is 1.56 bits per heavy atom. The van der Waals surface area contributed by atoms with E-state index in [-0.39, 0.29) is 12.5 Å². The summed E-state index contributed by atoms with van der Waals surface area (Å²) in [4.78, 5) is 22.1. The molecular formula is C10H18N2O3S. The molecule has 0 fully saturated rings. The van der Waals surface area contributed by atoms with Crippen molar-refractivity contribution in [2.24, 2.45) is 0 Å². The van der Waals surface area contributed by atoms with Crippen molar-refractivity contribution >= 4 is 23.6 Å². The Morgan fingerprint density at radius 2 is 2.25 bits per heavy atom. The largest absolute Gasteiger partial charge is 0.480 e. The Balaban J connectivity index is 3.92. The summed E-state index contributed by atoms with van der Waals surface area (Å²) in [6, 6.07) is -0.800. The first-order chi connectivity index (χ1) is 7.61. The molecule has 5 nitrogen and oxygen atoms in total. The van der Waals surface area contributed by atoms with Crippen LogP contribution >= 0.6 is 11.8 Å². The fourth-order valence-corrected chi connectivity index (χ4v) is 1.50. The lowest BCUT2D eigenvalue weighted by atomic mass is 10.2. The summed E-state index contributed by atoms with van der Waals surface area (Å²) in [5.74, 6) is -0.599. The van der Waals surface area contributed by atoms with Gasteiger partial charge in [-0.1, -0.05) is 6.08 Å². The van der Waals surface area contributed by atoms with Crippen molar-refractivity contribution in [3.63, 3.8) is 0 Å². The fourth-order valence-electron chi connectivity index (χ4n) is 1.03. The minimum absolute atomic E-state index is 0.106. The van der Waals surface area contributed by atoms with Crippen LogP contribution in [0.3, 0.4) is 0 Å². The lowest BCUT2D eigenvalue weighted by Crippen LogP contribution is -2.44. The average molecular weight is 246 g/mol. The van der Waals surface area contributed by atoms with E-state index >= 15 is 0 Å². The fraction of sp³-hybridized carbons (Fsp3) is 0.600. The van der Waals surface area contributed by atoms with Crippen molar-refractivity contribution in [2.75, 3.05) is 25.1 Å². The van der Waals surface area contributed by atoms with Crippen LogP contribution in [0.1, 0.15) is 6.42 Å². The number of rotatable bonds is 9. The number of aliphatic carboxylic acids is 1. The van der Waals surface area contributed by atoms with Gasteiger partial charge >= 0.3 is 5.97 Å². The predicted octanol–water partition coefficient (Wildman–Crippen LogP) is 0.0845. The number of thioether (sulfide) groups is 1. The van der Waals surface area contributed by atoms with Gasteiger partial charge in [0.2, 0.25) is 5.91 Å². The highest BCUT2D eigenvalue weighted by atomic mass is 32.2. The summed E-state index contributed by atoms with van der Waals surface area (Å²) in [6.45, 7) is 4.13. The monoisotopic (exact) mass is 246 g/mol. The summed E-state index contributed by atoms with van der Waals surface area (Å²) in [5, 5.41) is 14.1. The molecule has 0 aromatic rings. The predicted molar refractivity (Wildman–Crippen MR) is 65.6 cm³/mol. The van der Waals surface area contributed by atoms with Crippen molar-refractivity contribution < 1.29 is 14.7 Å². The summed E-state index contributed by atoms with van der Waals surface area (Å²) in [5.41, 5.74) is 0. The number of hydrogen-bond donors (Lipinski definition) is 3. The molecule has 0 radical (unpaired) electrons. The van der Waals surface area contributed by atoms with Crippen LogP contribution in [0.5, 0.6) is 0 Å². The molecule has 0 aliphatic rings. The SMILES string of the molecule is C=CCNCC(=O)NC(CCSC)C(=O)O. The van der Waals surface area contributed by atoms with Gasteiger partial charge in [0, 0.05) is 6.54 Å². The van der Waals surface area contributed by atoms with Crippen LogP contribution in [0.25, 0.3) is 0 Å². The second kappa shape index (κ2) is 9.23. The normalized spacial score (nSPS) is 11.8. The summed E-state index contributed by atoms with van der Waals surface area (Å²) >= 11 is 1.55. The Morgan fingerprint density at radius 3 is 2.75 bits per heavy atom. The Kier molecular flexibility index (Phi) is 8.65. The molecule has 0 spiro atoms. The van der Waals surface area contributed by atoms with Crippen LogP contribution in [0.4, 0.5) is 0 Å². The first-order valence-corrected chi connectivity index (χ1v) is 6.34. The van der Waals surface area contributed by atoms with Crippen molar-refractivity contribution in [3.05, 3.63) is 12.7 Å². The molecule has 0 saturated carbocycles. The summed E-state index contributed by atoms with van der Waals surface area (Å²) in [7, 11) is 0. The molecule has 1 amide bonds. The molecule has 16 heavy (non-hydrogen) atoms. The van der Waals surface area contributed by atoms with Gasteiger partial charge in [0.25, 0.3) is 0 Å². The molecule has 0 aromatic heterocycles. The molecule has 0 aliphatic carbocycles. The van der Waals surface area contributed by atoms with Gasteiger partial charge < -0.3 is 15.7 Å². The quantitative estimate of drug-likeness (QED) is 0.397. The van der Waals surface area contributed by atoms with E-state index in [1.54, 1.807) is 17.8 Å². The topological polar surface area (TPSA) is 78.4 Å². The second-order valence-corrected chi connectivity index (χ2v) is 4.14. The van der Waals surface area contributed by atoms with Gasteiger partial charge in [-0.2, -0.15) is 11.8 Å². The number of hydrogen-bond acceptors (Lipinski definition) is 4. The van der Waals surface area contributed by atoms with E-state index in [0.29, 0.717) is 18.7 Å². The maximum absolute atomic E-state index is 11.3. The summed E-state index contributed by atoms with van der Waals surface area (Å²) in [6.07, 6.45) is 3.96. The first kappa shape index (κ1) is 15.0. The smallest absolute Gasteiger partial charge is 0.326 e. The number of carbonyl (C=O) groups is 2. The van der Waals surface area contributed by atoms with E-state index in [4.69, 9.17) is 5.11 Å². The van der Waals surface area contributed by atoms with E-state index < -0.39 is 12.0 Å². The van der Waals surface area contributed by atoms with E-state index in [9.17, 15) is 9.59 Å². The third-order valence-corrected chi connectivity index (χ3v) is 2.46. The van der Waals surface area contributed by atoms with Crippen molar-refractivity contribution in [1.29, 1.82) is 0 Å². The van der Waals surface area contributed by atoms with Crippen LogP contribution in [0.15, 0.2) is 12.7 Å². The van der Waals surface area contributed by atoms with Crippen LogP contribution < -0.4 is 10.6 Å². The zero-order valence-electron chi connectivity index (χ0n) is 9.36. The van der Waals surface area contributed by atoms with Crippen LogP contribution in [-0.2, 0) is 9.59 Å². The number of carboxylic acids is 1. The minimum atomic E-state index is -0.994. The minimum Gasteiger partial charge on any atom is -0.480 e. The second-order valence-electron chi connectivity index (χ2n) is 3.16. The van der Waals surface area contributed by atoms with Gasteiger partial charge in [-0.15, -0.1) is 6.58 Å². The number of amides is 1. The third-order valence-electron chi connectivity index (χ3n) is 1.82. The van der Waals surface area contributed by atoms with Gasteiger partial charge in [0.05, 0.1) is 6.54 Å². The van der Waals surface area contributed by atoms with Crippen molar-refractivity contribution in [1.82, 2.24) is 10.6 Å². The van der Waals surface area contributed by atoms with Crippen LogP contribution in [0, 0.1) is 0 Å². The zero-order chi connectivity index (χ0) is 12.4. The highest BCUT2D eigenvalue weighted by molar-refractivity contribution is 7.98. The maximum atomic E-state index is 11.3. The van der Waals surface area contributed by atoms with E-state index in [0.717, 1.165) is 0 Å². The molecule has 3 N–H and O–H groups in total. The van der Waals surface area contributed by atoms with Gasteiger partial charge in [0.15, 0.2) is 0 Å². The van der Waals surface area contributed by atoms with Gasteiger partial charge in [-0.3, -0.25) is 4.79 Å². The average Bonchev–Trinajstić information content (AvgIpc) is 2.24. The van der Waals surface area contributed by atoms with Crippen LogP contribution in [-0.4, -0.2) is 48.1 Å². The molecule has 92 valence electrons. The molecule has 0 heterocycles. The standard InChI is InChI=1S/C10H18N2O3S/c1-3-5-11-7-9(13)12-8(10(14)15)4-6-16-2/h3,8,11H,1,4-7H2,2H3,(H,12,13)(H,14,15). The van der Waals surface area contributed by atoms with E-state index in [2.05, 4.69) is 17.2 Å². The molecule has 0 aromatic carbocycles. The van der Waals surface area contributed by atoms with Crippen LogP contribution in [0.2, 0.25) is 0 Å². The summed E-state index contributed by atoms with van der Waals surface area (Å²) < 4.78 is 0. The molecule has 0 rings (SSSR count). The molecule has 0 saturated heterocycles. The number of carboxylic acid groups (broad SMARTS) is 1.